The summed E-state index contributed by atoms with van der Waals surface area (Å²) in [6.45, 7) is 7.21. The zero-order valence-electron chi connectivity index (χ0n) is 12.4. The van der Waals surface area contributed by atoms with Crippen LogP contribution in [0.5, 0.6) is 5.75 Å². The molecule has 0 unspecified atom stereocenters. The Bertz CT molecular complexity index is 848. The van der Waals surface area contributed by atoms with Crippen molar-refractivity contribution < 1.29 is 9.53 Å². The van der Waals surface area contributed by atoms with Crippen LogP contribution in [-0.4, -0.2) is 21.0 Å². The molecular formula is C17H15N3O2. The molecule has 0 amide bonds. The molecule has 110 valence electrons. The summed E-state index contributed by atoms with van der Waals surface area (Å²) in [6, 6.07) is 11.4. The standard InChI is InChI=1S/C17H15N3O2/c1-4-17(21)22-16-10-11(2)9-15(12(16)3)20-18-13-7-5-6-8-14(13)19-20/h4-10H,1H2,2-3H3. The van der Waals surface area contributed by atoms with Gasteiger partial charge in [-0.2, -0.15) is 0 Å². The van der Waals surface area contributed by atoms with Crippen LogP contribution in [0.25, 0.3) is 16.7 Å². The molecule has 0 aliphatic carbocycles. The van der Waals surface area contributed by atoms with Crippen LogP contribution < -0.4 is 4.74 Å². The number of hydrogen-bond acceptors (Lipinski definition) is 4. The van der Waals surface area contributed by atoms with Crippen LogP contribution in [0.4, 0.5) is 0 Å². The zero-order chi connectivity index (χ0) is 15.7. The lowest BCUT2D eigenvalue weighted by Gasteiger charge is -2.11. The van der Waals surface area contributed by atoms with Crippen LogP contribution in [0.1, 0.15) is 11.1 Å². The van der Waals surface area contributed by atoms with Crippen LogP contribution in [0.15, 0.2) is 49.1 Å². The third kappa shape index (κ3) is 2.48. The Kier molecular flexibility index (Phi) is 3.47. The van der Waals surface area contributed by atoms with E-state index < -0.39 is 5.97 Å². The predicted molar refractivity (Wildman–Crippen MR) is 84.2 cm³/mol. The molecule has 3 aromatic rings. The fourth-order valence-corrected chi connectivity index (χ4v) is 2.24. The van der Waals surface area contributed by atoms with Crippen LogP contribution in [0, 0.1) is 13.8 Å². The molecule has 2 aromatic carbocycles. The lowest BCUT2D eigenvalue weighted by molar-refractivity contribution is -0.129. The number of aryl methyl sites for hydroxylation is 1. The maximum atomic E-state index is 11.5. The summed E-state index contributed by atoms with van der Waals surface area (Å²) in [4.78, 5) is 13.0. The minimum absolute atomic E-state index is 0.487. The summed E-state index contributed by atoms with van der Waals surface area (Å²) in [5.41, 5.74) is 4.15. The number of benzene rings is 2. The highest BCUT2D eigenvalue weighted by Crippen LogP contribution is 2.27. The van der Waals surface area contributed by atoms with Gasteiger partial charge in [0.2, 0.25) is 0 Å². The highest BCUT2D eigenvalue weighted by molar-refractivity contribution is 5.84. The number of ether oxygens (including phenoxy) is 1. The fraction of sp³-hybridized carbons (Fsp3) is 0.118. The molecule has 5 nitrogen and oxygen atoms in total. The van der Waals surface area contributed by atoms with Crippen molar-refractivity contribution in [3.05, 3.63) is 60.2 Å². The lowest BCUT2D eigenvalue weighted by atomic mass is 10.1. The maximum absolute atomic E-state index is 11.5. The highest BCUT2D eigenvalue weighted by Gasteiger charge is 2.13. The van der Waals surface area contributed by atoms with Gasteiger partial charge in [-0.1, -0.05) is 18.7 Å². The highest BCUT2D eigenvalue weighted by atomic mass is 16.5. The number of carbonyl (C=O) groups excluding carboxylic acids is 1. The van der Waals surface area contributed by atoms with Gasteiger partial charge in [0.15, 0.2) is 0 Å². The molecule has 0 spiro atoms. The van der Waals surface area contributed by atoms with Gasteiger partial charge in [0.1, 0.15) is 16.8 Å². The molecular weight excluding hydrogens is 278 g/mol. The first-order chi connectivity index (χ1) is 10.6. The molecule has 0 fully saturated rings. The average Bonchev–Trinajstić information content (AvgIpc) is 2.94. The van der Waals surface area contributed by atoms with Crippen molar-refractivity contribution in [2.45, 2.75) is 13.8 Å². The van der Waals surface area contributed by atoms with E-state index >= 15 is 0 Å². The first kappa shape index (κ1) is 14.0. The van der Waals surface area contributed by atoms with Gasteiger partial charge in [-0.3, -0.25) is 0 Å². The van der Waals surface area contributed by atoms with E-state index in [4.69, 9.17) is 4.74 Å². The van der Waals surface area contributed by atoms with Crippen molar-refractivity contribution >= 4 is 17.0 Å². The number of aromatic nitrogens is 3. The lowest BCUT2D eigenvalue weighted by Crippen LogP contribution is -2.08. The van der Waals surface area contributed by atoms with Gasteiger partial charge in [-0.05, 0) is 43.7 Å². The second-order valence-electron chi connectivity index (χ2n) is 5.01. The first-order valence-electron chi connectivity index (χ1n) is 6.86. The molecule has 0 aliphatic rings. The topological polar surface area (TPSA) is 57.0 Å². The summed E-state index contributed by atoms with van der Waals surface area (Å²) < 4.78 is 5.29. The Hall–Kier alpha value is -2.95. The van der Waals surface area contributed by atoms with Gasteiger partial charge >= 0.3 is 5.97 Å². The van der Waals surface area contributed by atoms with Gasteiger partial charge < -0.3 is 4.74 Å². The molecule has 0 aliphatic heterocycles. The van der Waals surface area contributed by atoms with Crippen molar-refractivity contribution in [2.75, 3.05) is 0 Å². The van der Waals surface area contributed by atoms with E-state index in [1.165, 1.54) is 0 Å². The second-order valence-corrected chi connectivity index (χ2v) is 5.01. The number of rotatable bonds is 3. The number of fused-ring (bicyclic) bond motifs is 1. The van der Waals surface area contributed by atoms with E-state index in [9.17, 15) is 4.79 Å². The van der Waals surface area contributed by atoms with Crippen molar-refractivity contribution in [3.8, 4) is 11.4 Å². The van der Waals surface area contributed by atoms with Crippen molar-refractivity contribution in [1.29, 1.82) is 0 Å². The van der Waals surface area contributed by atoms with Gasteiger partial charge in [0.05, 0.1) is 5.69 Å². The molecule has 1 heterocycles. The monoisotopic (exact) mass is 293 g/mol. The van der Waals surface area contributed by atoms with Crippen molar-refractivity contribution in [3.63, 3.8) is 0 Å². The number of nitrogens with zero attached hydrogens (tertiary/aromatic N) is 3. The molecule has 0 atom stereocenters. The van der Waals surface area contributed by atoms with Gasteiger partial charge in [-0.25, -0.2) is 4.79 Å². The molecule has 22 heavy (non-hydrogen) atoms. The second kappa shape index (κ2) is 5.44. The van der Waals surface area contributed by atoms with Crippen LogP contribution in [0.3, 0.4) is 0 Å². The zero-order valence-corrected chi connectivity index (χ0v) is 12.4. The van der Waals surface area contributed by atoms with E-state index in [0.717, 1.165) is 33.9 Å². The molecule has 0 radical (unpaired) electrons. The Morgan fingerprint density at radius 2 is 1.82 bits per heavy atom. The van der Waals surface area contributed by atoms with Crippen molar-refractivity contribution in [2.24, 2.45) is 0 Å². The number of carbonyl (C=O) groups is 1. The molecule has 0 saturated heterocycles. The van der Waals surface area contributed by atoms with E-state index in [2.05, 4.69) is 16.8 Å². The minimum Gasteiger partial charge on any atom is -0.423 e. The predicted octanol–water partition coefficient (Wildman–Crippen LogP) is 3.13. The molecule has 0 saturated carbocycles. The Morgan fingerprint density at radius 3 is 2.41 bits per heavy atom. The molecule has 3 rings (SSSR count). The van der Waals surface area contributed by atoms with Crippen LogP contribution in [0.2, 0.25) is 0 Å². The molecule has 1 aromatic heterocycles. The number of hydrogen-bond donors (Lipinski definition) is 0. The van der Waals surface area contributed by atoms with E-state index in [1.54, 1.807) is 4.80 Å². The van der Waals surface area contributed by atoms with E-state index in [-0.39, 0.29) is 0 Å². The molecule has 5 heteroatoms. The van der Waals surface area contributed by atoms with E-state index in [1.807, 2.05) is 50.2 Å². The third-order valence-electron chi connectivity index (χ3n) is 3.36. The first-order valence-corrected chi connectivity index (χ1v) is 6.86. The Balaban J connectivity index is 2.13. The third-order valence-corrected chi connectivity index (χ3v) is 3.36. The smallest absolute Gasteiger partial charge is 0.335 e. The van der Waals surface area contributed by atoms with Crippen molar-refractivity contribution in [1.82, 2.24) is 15.0 Å². The summed E-state index contributed by atoms with van der Waals surface area (Å²) >= 11 is 0. The summed E-state index contributed by atoms with van der Waals surface area (Å²) in [5.74, 6) is -0.000471. The summed E-state index contributed by atoms with van der Waals surface area (Å²) in [5, 5.41) is 8.94. The SMILES string of the molecule is C=CC(=O)Oc1cc(C)cc(-n2nc3ccccc3n2)c1C. The van der Waals surface area contributed by atoms with Crippen LogP contribution >= 0.6 is 0 Å². The molecule has 0 bridgehead atoms. The fourth-order valence-electron chi connectivity index (χ4n) is 2.24. The van der Waals surface area contributed by atoms with Gasteiger partial charge in [-0.15, -0.1) is 15.0 Å². The van der Waals surface area contributed by atoms with E-state index in [0.29, 0.717) is 5.75 Å². The Labute approximate surface area is 127 Å². The Morgan fingerprint density at radius 1 is 1.18 bits per heavy atom. The normalized spacial score (nSPS) is 10.6. The summed E-state index contributed by atoms with van der Waals surface area (Å²) in [6.07, 6.45) is 1.14. The van der Waals surface area contributed by atoms with Gasteiger partial charge in [0, 0.05) is 11.6 Å². The largest absolute Gasteiger partial charge is 0.423 e. The summed E-state index contributed by atoms with van der Waals surface area (Å²) in [7, 11) is 0. The average molecular weight is 293 g/mol. The number of esters is 1. The molecule has 0 N–H and O–H groups in total. The quantitative estimate of drug-likeness (QED) is 0.423. The maximum Gasteiger partial charge on any atom is 0.335 e. The van der Waals surface area contributed by atoms with Crippen LogP contribution in [-0.2, 0) is 4.79 Å². The minimum atomic E-state index is -0.488. The van der Waals surface area contributed by atoms with Gasteiger partial charge in [0.25, 0.3) is 0 Å².